The smallest absolute Gasteiger partial charge is 0.0398 e. The largest absolute Gasteiger partial charge is 0.0890 e. The zero-order valence-electron chi connectivity index (χ0n) is 8.46. The Kier molecular flexibility index (Phi) is 6.08. The van der Waals surface area contributed by atoms with E-state index in [2.05, 4.69) is 39.0 Å². The molecule has 0 unspecified atom stereocenters. The maximum absolute atomic E-state index is 2.08. The summed E-state index contributed by atoms with van der Waals surface area (Å²) in [6.07, 6.45) is 2.08. The van der Waals surface area contributed by atoms with Gasteiger partial charge in [0.15, 0.2) is 0 Å². The second-order valence-electron chi connectivity index (χ2n) is 3.02. The highest BCUT2D eigenvalue weighted by Gasteiger charge is 1.72. The summed E-state index contributed by atoms with van der Waals surface area (Å²) in [5, 5.41) is 0. The first-order valence-corrected chi connectivity index (χ1v) is 4.28. The summed E-state index contributed by atoms with van der Waals surface area (Å²) in [5.74, 6) is 0. The van der Waals surface area contributed by atoms with Gasteiger partial charge in [0.1, 0.15) is 0 Å². The van der Waals surface area contributed by atoms with Crippen molar-refractivity contribution in [3.05, 3.63) is 47.5 Å². The van der Waals surface area contributed by atoms with Crippen LogP contribution in [-0.4, -0.2) is 0 Å². The van der Waals surface area contributed by atoms with Gasteiger partial charge in [-0.15, -0.1) is 0 Å². The molecule has 0 fully saturated rings. The zero-order chi connectivity index (χ0) is 9.40. The first-order chi connectivity index (χ1) is 5.66. The Hall–Kier alpha value is -1.04. The normalized spacial score (nSPS) is 8.00. The molecular weight excluding hydrogens is 144 g/mol. The summed E-state index contributed by atoms with van der Waals surface area (Å²) in [6.45, 7) is 8.29. The summed E-state index contributed by atoms with van der Waals surface area (Å²) in [4.78, 5) is 0. The molecule has 0 aliphatic carbocycles. The third-order valence-electron chi connectivity index (χ3n) is 1.52. The summed E-state index contributed by atoms with van der Waals surface area (Å²) in [6, 6.07) is 10.3. The standard InChI is InChI=1S/C7H8.C5H10/c1-7-5-3-2-4-6-7;1-4-5(2)3/h2-6H,1H3;4H,1-3H3. The first-order valence-electron chi connectivity index (χ1n) is 4.28. The molecule has 0 saturated heterocycles. The molecule has 0 spiro atoms. The van der Waals surface area contributed by atoms with E-state index in [0.29, 0.717) is 0 Å². The van der Waals surface area contributed by atoms with Gasteiger partial charge in [0.05, 0.1) is 0 Å². The highest BCUT2D eigenvalue weighted by atomic mass is 13.8. The van der Waals surface area contributed by atoms with Gasteiger partial charge in [0.2, 0.25) is 0 Å². The monoisotopic (exact) mass is 162 g/mol. The van der Waals surface area contributed by atoms with Crippen molar-refractivity contribution in [2.24, 2.45) is 0 Å². The van der Waals surface area contributed by atoms with E-state index in [9.17, 15) is 0 Å². The average molecular weight is 162 g/mol. The van der Waals surface area contributed by atoms with Crippen LogP contribution in [0.2, 0.25) is 0 Å². The molecule has 0 N–H and O–H groups in total. The molecule has 0 bridgehead atoms. The van der Waals surface area contributed by atoms with Gasteiger partial charge in [-0.3, -0.25) is 0 Å². The van der Waals surface area contributed by atoms with Crippen LogP contribution in [0.3, 0.4) is 0 Å². The van der Waals surface area contributed by atoms with Crippen LogP contribution >= 0.6 is 0 Å². The fourth-order valence-corrected chi connectivity index (χ4v) is 0.534. The topological polar surface area (TPSA) is 0 Å². The van der Waals surface area contributed by atoms with Crippen LogP contribution in [0.1, 0.15) is 26.3 Å². The minimum absolute atomic E-state index is 1.32. The third kappa shape index (κ3) is 7.07. The predicted octanol–water partition coefficient (Wildman–Crippen LogP) is 3.97. The van der Waals surface area contributed by atoms with Crippen LogP contribution in [0.4, 0.5) is 0 Å². The molecule has 66 valence electrons. The molecule has 0 aliphatic heterocycles. The Morgan fingerprint density at radius 2 is 1.50 bits per heavy atom. The van der Waals surface area contributed by atoms with Crippen molar-refractivity contribution in [1.29, 1.82) is 0 Å². The van der Waals surface area contributed by atoms with Gasteiger partial charge in [-0.1, -0.05) is 47.5 Å². The lowest BCUT2D eigenvalue weighted by atomic mass is 10.2. The molecule has 0 amide bonds. The van der Waals surface area contributed by atoms with Gasteiger partial charge < -0.3 is 0 Å². The third-order valence-corrected chi connectivity index (χ3v) is 1.52. The first kappa shape index (κ1) is 11.0. The molecule has 1 aromatic rings. The number of hydrogen-bond acceptors (Lipinski definition) is 0. The quantitative estimate of drug-likeness (QED) is 0.506. The predicted molar refractivity (Wildman–Crippen MR) is 56.3 cm³/mol. The van der Waals surface area contributed by atoms with Gasteiger partial charge in [0, 0.05) is 0 Å². The van der Waals surface area contributed by atoms with Crippen LogP contribution in [0.15, 0.2) is 42.0 Å². The number of allylic oxidation sites excluding steroid dienone is 2. The summed E-state index contributed by atoms with van der Waals surface area (Å²) >= 11 is 0. The molecule has 0 saturated carbocycles. The minimum Gasteiger partial charge on any atom is -0.0890 e. The molecule has 0 radical (unpaired) electrons. The Morgan fingerprint density at radius 3 is 1.67 bits per heavy atom. The maximum atomic E-state index is 2.08. The second-order valence-corrected chi connectivity index (χ2v) is 3.02. The van der Waals surface area contributed by atoms with Crippen LogP contribution in [0.5, 0.6) is 0 Å². The van der Waals surface area contributed by atoms with E-state index in [1.165, 1.54) is 11.1 Å². The van der Waals surface area contributed by atoms with Gasteiger partial charge >= 0.3 is 0 Å². The van der Waals surface area contributed by atoms with Crippen molar-refractivity contribution in [2.45, 2.75) is 27.7 Å². The molecule has 1 aromatic carbocycles. The molecular formula is C12H18. The fraction of sp³-hybridized carbons (Fsp3) is 0.333. The Morgan fingerprint density at radius 1 is 1.08 bits per heavy atom. The minimum atomic E-state index is 1.32. The highest BCUT2D eigenvalue weighted by molar-refractivity contribution is 5.11. The van der Waals surface area contributed by atoms with E-state index in [4.69, 9.17) is 0 Å². The molecule has 0 nitrogen and oxygen atoms in total. The summed E-state index contributed by atoms with van der Waals surface area (Å²) < 4.78 is 0. The van der Waals surface area contributed by atoms with Crippen LogP contribution in [0, 0.1) is 6.92 Å². The zero-order valence-corrected chi connectivity index (χ0v) is 8.46. The lowest BCUT2D eigenvalue weighted by molar-refractivity contribution is 1.36. The summed E-state index contributed by atoms with van der Waals surface area (Å²) in [5.41, 5.74) is 2.70. The molecule has 0 aliphatic rings. The molecule has 0 aromatic heterocycles. The van der Waals surface area contributed by atoms with E-state index in [1.54, 1.807) is 0 Å². The van der Waals surface area contributed by atoms with E-state index in [-0.39, 0.29) is 0 Å². The molecule has 0 heterocycles. The lowest BCUT2D eigenvalue weighted by Crippen LogP contribution is -1.62. The van der Waals surface area contributed by atoms with Crippen molar-refractivity contribution >= 4 is 0 Å². The number of rotatable bonds is 0. The Bertz CT molecular complexity index is 215. The lowest BCUT2D eigenvalue weighted by Gasteiger charge is -1.82. The number of aryl methyl sites for hydroxylation is 1. The van der Waals surface area contributed by atoms with Crippen molar-refractivity contribution in [1.82, 2.24) is 0 Å². The molecule has 0 heteroatoms. The maximum Gasteiger partial charge on any atom is -0.0398 e. The molecule has 12 heavy (non-hydrogen) atoms. The van der Waals surface area contributed by atoms with Gasteiger partial charge in [-0.25, -0.2) is 0 Å². The van der Waals surface area contributed by atoms with E-state index in [0.717, 1.165) is 0 Å². The number of hydrogen-bond donors (Lipinski definition) is 0. The van der Waals surface area contributed by atoms with Gasteiger partial charge in [-0.05, 0) is 27.7 Å². The molecule has 1 rings (SSSR count). The van der Waals surface area contributed by atoms with Crippen molar-refractivity contribution in [3.63, 3.8) is 0 Å². The van der Waals surface area contributed by atoms with Crippen LogP contribution in [0.25, 0.3) is 0 Å². The Labute approximate surface area is 75.9 Å². The van der Waals surface area contributed by atoms with Crippen molar-refractivity contribution in [3.8, 4) is 0 Å². The van der Waals surface area contributed by atoms with E-state index < -0.39 is 0 Å². The van der Waals surface area contributed by atoms with Crippen molar-refractivity contribution < 1.29 is 0 Å². The fourth-order valence-electron chi connectivity index (χ4n) is 0.534. The highest BCUT2D eigenvalue weighted by Crippen LogP contribution is 1.92. The molecule has 0 atom stereocenters. The van der Waals surface area contributed by atoms with Crippen molar-refractivity contribution in [2.75, 3.05) is 0 Å². The summed E-state index contributed by atoms with van der Waals surface area (Å²) in [7, 11) is 0. The Balaban J connectivity index is 0.000000217. The van der Waals surface area contributed by atoms with Gasteiger partial charge in [-0.2, -0.15) is 0 Å². The second kappa shape index (κ2) is 6.66. The van der Waals surface area contributed by atoms with Crippen LogP contribution in [-0.2, 0) is 0 Å². The van der Waals surface area contributed by atoms with Crippen LogP contribution < -0.4 is 0 Å². The van der Waals surface area contributed by atoms with Gasteiger partial charge in [0.25, 0.3) is 0 Å². The van der Waals surface area contributed by atoms with E-state index >= 15 is 0 Å². The number of benzene rings is 1. The van der Waals surface area contributed by atoms with E-state index in [1.807, 2.05) is 25.1 Å². The SMILES string of the molecule is CC=C(C)C.Cc1ccccc1. The average Bonchev–Trinajstić information content (AvgIpc) is 2.07.